The molecule has 1 aromatic heterocycles. The fourth-order valence-electron chi connectivity index (χ4n) is 2.33. The first kappa shape index (κ1) is 16.1. The summed E-state index contributed by atoms with van der Waals surface area (Å²) >= 11 is 1.55. The van der Waals surface area contributed by atoms with Crippen LogP contribution in [-0.4, -0.2) is 17.0 Å². The first-order valence-corrected chi connectivity index (χ1v) is 8.14. The molecule has 6 heteroatoms. The summed E-state index contributed by atoms with van der Waals surface area (Å²) in [5.41, 5.74) is 1.02. The highest BCUT2D eigenvalue weighted by molar-refractivity contribution is 7.19. The van der Waals surface area contributed by atoms with E-state index in [0.717, 1.165) is 15.0 Å². The maximum atomic E-state index is 12.9. The molecule has 2 N–H and O–H groups in total. The van der Waals surface area contributed by atoms with E-state index < -0.39 is 5.97 Å². The lowest BCUT2D eigenvalue weighted by Crippen LogP contribution is -2.11. The molecule has 3 aromatic rings. The number of aliphatic carboxylic acids is 1. The molecule has 3 rings (SSSR count). The summed E-state index contributed by atoms with van der Waals surface area (Å²) in [4.78, 5) is 23.8. The molecule has 0 saturated heterocycles. The molecule has 4 nitrogen and oxygen atoms in total. The first-order chi connectivity index (χ1) is 11.5. The second kappa shape index (κ2) is 6.80. The summed E-state index contributed by atoms with van der Waals surface area (Å²) in [5, 5.41) is 12.5. The zero-order chi connectivity index (χ0) is 17.1. The van der Waals surface area contributed by atoms with Crippen LogP contribution in [0.1, 0.15) is 21.7 Å². The van der Waals surface area contributed by atoms with E-state index in [1.165, 1.54) is 24.3 Å². The Morgan fingerprint density at radius 3 is 2.54 bits per heavy atom. The molecule has 1 amide bonds. The van der Waals surface area contributed by atoms with Crippen molar-refractivity contribution in [1.82, 2.24) is 0 Å². The molecular weight excluding hydrogens is 329 g/mol. The number of benzene rings is 2. The lowest BCUT2D eigenvalue weighted by atomic mass is 10.2. The van der Waals surface area contributed by atoms with Gasteiger partial charge in [0.25, 0.3) is 5.91 Å². The molecule has 0 saturated carbocycles. The molecule has 0 fully saturated rings. The predicted molar refractivity (Wildman–Crippen MR) is 92.1 cm³/mol. The van der Waals surface area contributed by atoms with E-state index >= 15 is 0 Å². The zero-order valence-electron chi connectivity index (χ0n) is 12.6. The van der Waals surface area contributed by atoms with E-state index in [0.29, 0.717) is 17.7 Å². The summed E-state index contributed by atoms with van der Waals surface area (Å²) in [6, 6.07) is 12.8. The van der Waals surface area contributed by atoms with Gasteiger partial charge in [0.15, 0.2) is 0 Å². The first-order valence-electron chi connectivity index (χ1n) is 7.32. The van der Waals surface area contributed by atoms with E-state index in [2.05, 4.69) is 5.32 Å². The van der Waals surface area contributed by atoms with Crippen molar-refractivity contribution in [3.63, 3.8) is 0 Å². The highest BCUT2D eigenvalue weighted by atomic mass is 32.1. The molecule has 0 aliphatic heterocycles. The molecule has 0 spiro atoms. The number of anilines is 1. The third kappa shape index (κ3) is 3.78. The van der Waals surface area contributed by atoms with Crippen molar-refractivity contribution in [3.05, 3.63) is 64.8 Å². The number of aryl methyl sites for hydroxylation is 1. The van der Waals surface area contributed by atoms with E-state index in [1.807, 2.05) is 18.2 Å². The standard InChI is InChI=1S/C18H14FNO3S/c19-13-3-1-11(2-4-13)18(23)20-14-5-7-16-12(9-14)10-15(24-16)6-8-17(21)22/h1-5,7,9-10H,6,8H2,(H,20,23)(H,21,22). The quantitative estimate of drug-likeness (QED) is 0.725. The number of amides is 1. The largest absolute Gasteiger partial charge is 0.481 e. The van der Waals surface area contributed by atoms with Gasteiger partial charge in [-0.05, 0) is 60.3 Å². The molecule has 2 aromatic carbocycles. The molecule has 0 radical (unpaired) electrons. The number of carbonyl (C=O) groups excluding carboxylic acids is 1. The van der Waals surface area contributed by atoms with Gasteiger partial charge in [0.05, 0.1) is 6.42 Å². The van der Waals surface area contributed by atoms with Crippen molar-refractivity contribution >= 4 is 39.0 Å². The van der Waals surface area contributed by atoms with Crippen molar-refractivity contribution < 1.29 is 19.1 Å². The number of hydrogen-bond acceptors (Lipinski definition) is 3. The summed E-state index contributed by atoms with van der Waals surface area (Å²) in [7, 11) is 0. The van der Waals surface area contributed by atoms with Gasteiger partial charge in [0.1, 0.15) is 5.82 Å². The highest BCUT2D eigenvalue weighted by Crippen LogP contribution is 2.29. The molecule has 0 aliphatic carbocycles. The fraction of sp³-hybridized carbons (Fsp3) is 0.111. The minimum absolute atomic E-state index is 0.0982. The van der Waals surface area contributed by atoms with Crippen molar-refractivity contribution in [1.29, 1.82) is 0 Å². The Labute approximate surface area is 141 Å². The molecule has 122 valence electrons. The van der Waals surface area contributed by atoms with Crippen molar-refractivity contribution in [2.45, 2.75) is 12.8 Å². The van der Waals surface area contributed by atoms with Crippen LogP contribution in [0.3, 0.4) is 0 Å². The molecular formula is C18H14FNO3S. The van der Waals surface area contributed by atoms with Gasteiger partial charge in [-0.2, -0.15) is 0 Å². The lowest BCUT2D eigenvalue weighted by molar-refractivity contribution is -0.136. The Morgan fingerprint density at radius 1 is 1.08 bits per heavy atom. The van der Waals surface area contributed by atoms with Gasteiger partial charge in [-0.1, -0.05) is 0 Å². The minimum Gasteiger partial charge on any atom is -0.481 e. The van der Waals surface area contributed by atoms with Crippen LogP contribution in [0.2, 0.25) is 0 Å². The molecule has 1 heterocycles. The summed E-state index contributed by atoms with van der Waals surface area (Å²) in [5.74, 6) is -1.52. The smallest absolute Gasteiger partial charge is 0.303 e. The van der Waals surface area contributed by atoms with Gasteiger partial charge in [-0.15, -0.1) is 11.3 Å². The van der Waals surface area contributed by atoms with Crippen LogP contribution >= 0.6 is 11.3 Å². The normalized spacial score (nSPS) is 10.7. The van der Waals surface area contributed by atoms with E-state index in [-0.39, 0.29) is 18.1 Å². The summed E-state index contributed by atoms with van der Waals surface area (Å²) < 4.78 is 13.9. The summed E-state index contributed by atoms with van der Waals surface area (Å²) in [6.07, 6.45) is 0.590. The molecule has 0 atom stereocenters. The number of rotatable bonds is 5. The number of carbonyl (C=O) groups is 2. The Balaban J connectivity index is 1.76. The van der Waals surface area contributed by atoms with Gasteiger partial charge in [-0.3, -0.25) is 9.59 Å². The van der Waals surface area contributed by atoms with Crippen molar-refractivity contribution in [2.75, 3.05) is 5.32 Å². The number of carboxylic acids is 1. The lowest BCUT2D eigenvalue weighted by Gasteiger charge is -2.05. The second-order valence-electron chi connectivity index (χ2n) is 5.32. The molecule has 0 aliphatic rings. The number of carboxylic acid groups (broad SMARTS) is 1. The van der Waals surface area contributed by atoms with E-state index in [4.69, 9.17) is 5.11 Å². The average molecular weight is 343 g/mol. The maximum Gasteiger partial charge on any atom is 0.303 e. The van der Waals surface area contributed by atoms with Crippen LogP contribution in [-0.2, 0) is 11.2 Å². The fourth-order valence-corrected chi connectivity index (χ4v) is 3.38. The van der Waals surface area contributed by atoms with Gasteiger partial charge in [-0.25, -0.2) is 4.39 Å². The number of nitrogens with one attached hydrogen (secondary N) is 1. The monoisotopic (exact) mass is 343 g/mol. The van der Waals surface area contributed by atoms with Crippen molar-refractivity contribution in [2.24, 2.45) is 0 Å². The molecule has 0 bridgehead atoms. The SMILES string of the molecule is O=C(O)CCc1cc2cc(NC(=O)c3ccc(F)cc3)ccc2s1. The van der Waals surface area contributed by atoms with Crippen LogP contribution in [0.25, 0.3) is 10.1 Å². The molecule has 24 heavy (non-hydrogen) atoms. The van der Waals surface area contributed by atoms with Gasteiger partial charge < -0.3 is 10.4 Å². The van der Waals surface area contributed by atoms with Crippen LogP contribution in [0.15, 0.2) is 48.5 Å². The maximum absolute atomic E-state index is 12.9. The van der Waals surface area contributed by atoms with Gasteiger partial charge in [0, 0.05) is 20.8 Å². The van der Waals surface area contributed by atoms with Crippen LogP contribution < -0.4 is 5.32 Å². The summed E-state index contributed by atoms with van der Waals surface area (Å²) in [6.45, 7) is 0. The highest BCUT2D eigenvalue weighted by Gasteiger charge is 2.09. The average Bonchev–Trinajstić information content (AvgIpc) is 2.95. The Kier molecular flexibility index (Phi) is 4.57. The van der Waals surface area contributed by atoms with Gasteiger partial charge >= 0.3 is 5.97 Å². The predicted octanol–water partition coefficient (Wildman–Crippen LogP) is 4.31. The number of halogens is 1. The molecule has 0 unspecified atom stereocenters. The Morgan fingerprint density at radius 2 is 1.83 bits per heavy atom. The number of fused-ring (bicyclic) bond motifs is 1. The number of thiophene rings is 1. The zero-order valence-corrected chi connectivity index (χ0v) is 13.4. The second-order valence-corrected chi connectivity index (χ2v) is 6.49. The van der Waals surface area contributed by atoms with Crippen LogP contribution in [0.5, 0.6) is 0 Å². The van der Waals surface area contributed by atoms with E-state index in [9.17, 15) is 14.0 Å². The third-order valence-corrected chi connectivity index (χ3v) is 4.69. The Hall–Kier alpha value is -2.73. The number of hydrogen-bond donors (Lipinski definition) is 2. The minimum atomic E-state index is -0.820. The van der Waals surface area contributed by atoms with Crippen LogP contribution in [0.4, 0.5) is 10.1 Å². The van der Waals surface area contributed by atoms with Crippen molar-refractivity contribution in [3.8, 4) is 0 Å². The van der Waals surface area contributed by atoms with E-state index in [1.54, 1.807) is 17.4 Å². The third-order valence-electron chi connectivity index (χ3n) is 3.52. The topological polar surface area (TPSA) is 66.4 Å². The van der Waals surface area contributed by atoms with Crippen LogP contribution in [0, 0.1) is 5.82 Å². The Bertz CT molecular complexity index is 902. The van der Waals surface area contributed by atoms with Gasteiger partial charge in [0.2, 0.25) is 0 Å².